The lowest BCUT2D eigenvalue weighted by molar-refractivity contribution is 0.515. The molecule has 0 rings (SSSR count). The van der Waals surface area contributed by atoms with Crippen LogP contribution < -0.4 is 11.1 Å². The maximum absolute atomic E-state index is 9.46. The molecule has 1 radical (unpaired) electrons. The summed E-state index contributed by atoms with van der Waals surface area (Å²) in [4.78, 5) is 9.46. The summed E-state index contributed by atoms with van der Waals surface area (Å²) in [6.45, 7) is 1.88. The summed E-state index contributed by atoms with van der Waals surface area (Å²) in [6.07, 6.45) is 2.01. The van der Waals surface area contributed by atoms with Gasteiger partial charge in [-0.1, -0.05) is 6.92 Å². The fourth-order valence-electron chi connectivity index (χ4n) is 0.178. The van der Waals surface area contributed by atoms with Gasteiger partial charge >= 0.3 is 6.41 Å². The van der Waals surface area contributed by atoms with Gasteiger partial charge in [-0.05, 0) is 6.42 Å². The number of hydrogen-bond donors (Lipinski definition) is 2. The van der Waals surface area contributed by atoms with Crippen molar-refractivity contribution in [1.82, 2.24) is 5.32 Å². The lowest BCUT2D eigenvalue weighted by atomic mass is 10.4. The Labute approximate surface area is 42.9 Å². The van der Waals surface area contributed by atoms with Crippen molar-refractivity contribution in [3.63, 3.8) is 0 Å². The second-order valence-corrected chi connectivity index (χ2v) is 1.26. The average Bonchev–Trinajstić information content (AvgIpc) is 1.68. The van der Waals surface area contributed by atoms with Crippen molar-refractivity contribution in [3.05, 3.63) is 0 Å². The third kappa shape index (κ3) is 3.26. The Balaban J connectivity index is 2.98. The predicted octanol–water partition coefficient (Wildman–Crippen LogP) is -0.662. The second kappa shape index (κ2) is 3.61. The molecule has 3 nitrogen and oxygen atoms in total. The highest BCUT2D eigenvalue weighted by Crippen LogP contribution is 1.74. The monoisotopic (exact) mass is 101 g/mol. The Hall–Kier alpha value is -0.570. The SMILES string of the molecule is CCC(N)N[C]=O. The number of hydrogen-bond acceptors (Lipinski definition) is 2. The van der Waals surface area contributed by atoms with Gasteiger partial charge in [0.2, 0.25) is 0 Å². The topological polar surface area (TPSA) is 55.1 Å². The third-order valence-corrected chi connectivity index (χ3v) is 0.684. The van der Waals surface area contributed by atoms with Crippen LogP contribution in [-0.2, 0) is 4.79 Å². The average molecular weight is 101 g/mol. The molecule has 0 saturated carbocycles. The van der Waals surface area contributed by atoms with E-state index >= 15 is 0 Å². The van der Waals surface area contributed by atoms with Crippen molar-refractivity contribution in [2.75, 3.05) is 0 Å². The van der Waals surface area contributed by atoms with Gasteiger partial charge < -0.3 is 11.1 Å². The fraction of sp³-hybridized carbons (Fsp3) is 0.750. The van der Waals surface area contributed by atoms with Gasteiger partial charge in [0, 0.05) is 0 Å². The normalized spacial score (nSPS) is 12.9. The molecule has 0 fully saturated rings. The molecule has 0 saturated heterocycles. The van der Waals surface area contributed by atoms with Gasteiger partial charge in [-0.15, -0.1) is 0 Å². The predicted molar refractivity (Wildman–Crippen MR) is 27.1 cm³/mol. The first-order valence-corrected chi connectivity index (χ1v) is 2.19. The molecule has 1 atom stereocenters. The number of amides is 1. The van der Waals surface area contributed by atoms with Gasteiger partial charge in [-0.2, -0.15) is 0 Å². The van der Waals surface area contributed by atoms with E-state index in [1.165, 1.54) is 6.41 Å². The van der Waals surface area contributed by atoms with Crippen molar-refractivity contribution in [3.8, 4) is 0 Å². The molecule has 0 aromatic heterocycles. The molecular weight excluding hydrogens is 92.1 g/mol. The lowest BCUT2D eigenvalue weighted by Gasteiger charge is -2.02. The number of nitrogens with one attached hydrogen (secondary N) is 1. The molecule has 0 spiro atoms. The molecule has 0 aliphatic rings. The molecule has 3 N–H and O–H groups in total. The minimum atomic E-state index is -0.225. The Kier molecular flexibility index (Phi) is 3.32. The molecule has 0 aliphatic carbocycles. The smallest absolute Gasteiger partial charge is 0.310 e. The maximum Gasteiger partial charge on any atom is 0.310 e. The third-order valence-electron chi connectivity index (χ3n) is 0.684. The van der Waals surface area contributed by atoms with Gasteiger partial charge in [0.25, 0.3) is 0 Å². The first kappa shape index (κ1) is 6.43. The molecule has 41 valence electrons. The van der Waals surface area contributed by atoms with E-state index in [1.807, 2.05) is 6.92 Å². The van der Waals surface area contributed by atoms with Crippen LogP contribution in [0.1, 0.15) is 13.3 Å². The Morgan fingerprint density at radius 3 is 2.71 bits per heavy atom. The standard InChI is InChI=1S/C4H9N2O/c1-2-4(5)6-3-7/h4H,2,5H2,1H3,(H,6,7). The molecule has 3 heteroatoms. The van der Waals surface area contributed by atoms with Gasteiger partial charge in [-0.3, -0.25) is 4.79 Å². The highest BCUT2D eigenvalue weighted by Gasteiger charge is 1.90. The molecular formula is C4H9N2O. The van der Waals surface area contributed by atoms with Crippen molar-refractivity contribution in [2.24, 2.45) is 5.73 Å². The number of carbonyl (C=O) groups excluding carboxylic acids is 1. The highest BCUT2D eigenvalue weighted by atomic mass is 16.1. The Morgan fingerprint density at radius 2 is 2.57 bits per heavy atom. The molecule has 1 amide bonds. The minimum absolute atomic E-state index is 0.225. The summed E-state index contributed by atoms with van der Waals surface area (Å²) < 4.78 is 0. The zero-order chi connectivity index (χ0) is 5.70. The van der Waals surface area contributed by atoms with Crippen molar-refractivity contribution in [1.29, 1.82) is 0 Å². The van der Waals surface area contributed by atoms with Crippen LogP contribution in [0.4, 0.5) is 0 Å². The molecule has 7 heavy (non-hydrogen) atoms. The van der Waals surface area contributed by atoms with Crippen molar-refractivity contribution >= 4 is 6.41 Å². The van der Waals surface area contributed by atoms with E-state index in [-0.39, 0.29) is 6.17 Å². The fourth-order valence-corrected chi connectivity index (χ4v) is 0.178. The summed E-state index contributed by atoms with van der Waals surface area (Å²) in [7, 11) is 0. The lowest BCUT2D eigenvalue weighted by Crippen LogP contribution is -2.35. The van der Waals surface area contributed by atoms with Gasteiger partial charge in [0.1, 0.15) is 0 Å². The van der Waals surface area contributed by atoms with Crippen molar-refractivity contribution in [2.45, 2.75) is 19.5 Å². The van der Waals surface area contributed by atoms with Crippen LogP contribution in [0.15, 0.2) is 0 Å². The van der Waals surface area contributed by atoms with Crippen LogP contribution >= 0.6 is 0 Å². The quantitative estimate of drug-likeness (QED) is 0.366. The Bertz CT molecular complexity index is 55.7. The summed E-state index contributed by atoms with van der Waals surface area (Å²) in [5.41, 5.74) is 5.21. The molecule has 0 aromatic carbocycles. The molecule has 1 unspecified atom stereocenters. The van der Waals surface area contributed by atoms with Crippen LogP contribution in [0.25, 0.3) is 0 Å². The van der Waals surface area contributed by atoms with Crippen LogP contribution in [0.3, 0.4) is 0 Å². The molecule has 0 heterocycles. The van der Waals surface area contributed by atoms with E-state index in [9.17, 15) is 4.79 Å². The van der Waals surface area contributed by atoms with Gasteiger partial charge in [0.15, 0.2) is 0 Å². The van der Waals surface area contributed by atoms with E-state index in [4.69, 9.17) is 5.73 Å². The number of rotatable bonds is 3. The minimum Gasteiger partial charge on any atom is -0.333 e. The zero-order valence-electron chi connectivity index (χ0n) is 4.27. The zero-order valence-corrected chi connectivity index (χ0v) is 4.27. The van der Waals surface area contributed by atoms with E-state index < -0.39 is 0 Å². The van der Waals surface area contributed by atoms with Gasteiger partial charge in [0.05, 0.1) is 6.17 Å². The van der Waals surface area contributed by atoms with Gasteiger partial charge in [-0.25, -0.2) is 0 Å². The van der Waals surface area contributed by atoms with E-state index in [1.54, 1.807) is 0 Å². The number of nitrogens with two attached hydrogens (primary N) is 1. The van der Waals surface area contributed by atoms with E-state index in [2.05, 4.69) is 5.32 Å². The van der Waals surface area contributed by atoms with Crippen LogP contribution in [0.2, 0.25) is 0 Å². The largest absolute Gasteiger partial charge is 0.333 e. The summed E-state index contributed by atoms with van der Waals surface area (Å²) >= 11 is 0. The van der Waals surface area contributed by atoms with Crippen molar-refractivity contribution < 1.29 is 4.79 Å². The van der Waals surface area contributed by atoms with Crippen LogP contribution in [-0.4, -0.2) is 12.6 Å². The summed E-state index contributed by atoms with van der Waals surface area (Å²) in [5, 5.41) is 2.27. The summed E-state index contributed by atoms with van der Waals surface area (Å²) in [5.74, 6) is 0. The molecule has 0 aromatic rings. The van der Waals surface area contributed by atoms with E-state index in [0.717, 1.165) is 6.42 Å². The first-order chi connectivity index (χ1) is 3.31. The molecule has 0 bridgehead atoms. The Morgan fingerprint density at radius 1 is 2.00 bits per heavy atom. The highest BCUT2D eigenvalue weighted by molar-refractivity contribution is 5.47. The van der Waals surface area contributed by atoms with Crippen LogP contribution in [0, 0.1) is 0 Å². The maximum atomic E-state index is 9.46. The summed E-state index contributed by atoms with van der Waals surface area (Å²) in [6, 6.07) is 0. The second-order valence-electron chi connectivity index (χ2n) is 1.26. The first-order valence-electron chi connectivity index (χ1n) is 2.19. The van der Waals surface area contributed by atoms with Crippen LogP contribution in [0.5, 0.6) is 0 Å². The molecule has 0 aliphatic heterocycles. The van der Waals surface area contributed by atoms with E-state index in [0.29, 0.717) is 0 Å².